The van der Waals surface area contributed by atoms with E-state index in [0.717, 1.165) is 10.5 Å². The van der Waals surface area contributed by atoms with Crippen LogP contribution in [-0.2, 0) is 16.1 Å². The molecule has 2 rings (SSSR count). The highest BCUT2D eigenvalue weighted by atomic mass is 16.4. The van der Waals surface area contributed by atoms with Gasteiger partial charge in [-0.25, -0.2) is 4.79 Å². The third-order valence-electron chi connectivity index (χ3n) is 2.91. The molecular weight excluding hydrogens is 236 g/mol. The number of carbonyl (C=O) groups is 3. The van der Waals surface area contributed by atoms with E-state index in [-0.39, 0.29) is 18.9 Å². The number of primary amides is 1. The highest BCUT2D eigenvalue weighted by molar-refractivity contribution is 6.01. The summed E-state index contributed by atoms with van der Waals surface area (Å²) in [5.41, 5.74) is 6.25. The van der Waals surface area contributed by atoms with Gasteiger partial charge in [0.05, 0.1) is 6.42 Å². The molecule has 1 aliphatic rings. The Kier molecular flexibility index (Phi) is 3.01. The van der Waals surface area contributed by atoms with Crippen LogP contribution in [0.5, 0.6) is 0 Å². The third-order valence-corrected chi connectivity index (χ3v) is 2.91. The fraction of sp³-hybridized carbons (Fsp3) is 0.250. The summed E-state index contributed by atoms with van der Waals surface area (Å²) in [5, 5.41) is 9.08. The van der Waals surface area contributed by atoms with Crippen LogP contribution in [0.2, 0.25) is 0 Å². The number of carbonyl (C=O) groups excluding carboxylic acids is 2. The zero-order valence-electron chi connectivity index (χ0n) is 9.50. The number of carboxylic acid groups (broad SMARTS) is 1. The van der Waals surface area contributed by atoms with E-state index in [2.05, 4.69) is 0 Å². The Morgan fingerprint density at radius 2 is 2.06 bits per heavy atom. The van der Waals surface area contributed by atoms with Crippen molar-refractivity contribution in [2.24, 2.45) is 5.73 Å². The zero-order chi connectivity index (χ0) is 13.3. The van der Waals surface area contributed by atoms with E-state index in [1.807, 2.05) is 0 Å². The second kappa shape index (κ2) is 4.48. The zero-order valence-corrected chi connectivity index (χ0v) is 9.50. The van der Waals surface area contributed by atoms with Crippen LogP contribution in [-0.4, -0.2) is 33.8 Å². The van der Waals surface area contributed by atoms with E-state index in [4.69, 9.17) is 10.8 Å². The van der Waals surface area contributed by atoms with E-state index < -0.39 is 17.9 Å². The second-order valence-electron chi connectivity index (χ2n) is 4.11. The van der Waals surface area contributed by atoms with Gasteiger partial charge in [0.25, 0.3) is 5.91 Å². The van der Waals surface area contributed by atoms with Crippen molar-refractivity contribution < 1.29 is 19.5 Å². The summed E-state index contributed by atoms with van der Waals surface area (Å²) in [6.45, 7) is 0.194. The fourth-order valence-electron chi connectivity index (χ4n) is 2.05. The van der Waals surface area contributed by atoms with Crippen LogP contribution in [0.3, 0.4) is 0 Å². The molecule has 0 aromatic heterocycles. The number of rotatable bonds is 4. The minimum Gasteiger partial charge on any atom is -0.480 e. The number of hydrogen-bond acceptors (Lipinski definition) is 3. The predicted molar refractivity (Wildman–Crippen MR) is 61.6 cm³/mol. The Hall–Kier alpha value is -2.37. The van der Waals surface area contributed by atoms with Gasteiger partial charge in [0.15, 0.2) is 0 Å². The van der Waals surface area contributed by atoms with Crippen LogP contribution in [0.1, 0.15) is 22.3 Å². The van der Waals surface area contributed by atoms with Crippen LogP contribution >= 0.6 is 0 Å². The Labute approximate surface area is 103 Å². The summed E-state index contributed by atoms with van der Waals surface area (Å²) < 4.78 is 0. The number of hydrogen-bond donors (Lipinski definition) is 2. The molecule has 0 fully saturated rings. The normalized spacial score (nSPS) is 15.3. The minimum atomic E-state index is -1.23. The van der Waals surface area contributed by atoms with Crippen LogP contribution < -0.4 is 5.73 Å². The average molecular weight is 248 g/mol. The molecule has 1 aliphatic heterocycles. The van der Waals surface area contributed by atoms with Gasteiger partial charge in [0, 0.05) is 12.1 Å². The van der Waals surface area contributed by atoms with E-state index in [0.29, 0.717) is 5.56 Å². The van der Waals surface area contributed by atoms with Gasteiger partial charge in [-0.05, 0) is 11.6 Å². The van der Waals surface area contributed by atoms with Crippen molar-refractivity contribution in [2.45, 2.75) is 19.0 Å². The Balaban J connectivity index is 2.28. The van der Waals surface area contributed by atoms with Gasteiger partial charge in [-0.1, -0.05) is 18.2 Å². The molecule has 1 heterocycles. The summed E-state index contributed by atoms with van der Waals surface area (Å²) in [5.74, 6) is -2.35. The molecule has 2 amide bonds. The molecule has 0 spiro atoms. The molecule has 3 N–H and O–H groups in total. The van der Waals surface area contributed by atoms with Crippen molar-refractivity contribution in [1.82, 2.24) is 4.90 Å². The number of amides is 2. The molecule has 94 valence electrons. The van der Waals surface area contributed by atoms with Crippen molar-refractivity contribution in [3.8, 4) is 0 Å². The van der Waals surface area contributed by atoms with Gasteiger partial charge in [-0.2, -0.15) is 0 Å². The molecule has 1 aromatic rings. The van der Waals surface area contributed by atoms with Crippen LogP contribution in [0, 0.1) is 0 Å². The topological polar surface area (TPSA) is 101 Å². The first kappa shape index (κ1) is 12.1. The maximum Gasteiger partial charge on any atom is 0.326 e. The van der Waals surface area contributed by atoms with Crippen LogP contribution in [0.25, 0.3) is 0 Å². The standard InChI is InChI=1S/C12H12N2O4/c13-10(15)5-9(12(17)18)14-6-7-3-1-2-4-8(7)11(14)16/h1-4,9H,5-6H2,(H2,13,15)(H,17,18). The molecule has 1 atom stereocenters. The fourth-order valence-corrected chi connectivity index (χ4v) is 2.05. The summed E-state index contributed by atoms with van der Waals surface area (Å²) in [6, 6.07) is 5.68. The van der Waals surface area contributed by atoms with Gasteiger partial charge in [0.2, 0.25) is 5.91 Å². The number of aliphatic carboxylic acids is 1. The molecule has 6 heteroatoms. The molecule has 18 heavy (non-hydrogen) atoms. The van der Waals surface area contributed by atoms with E-state index in [1.54, 1.807) is 24.3 Å². The van der Waals surface area contributed by atoms with Crippen molar-refractivity contribution in [2.75, 3.05) is 0 Å². The van der Waals surface area contributed by atoms with Gasteiger partial charge < -0.3 is 15.7 Å². The second-order valence-corrected chi connectivity index (χ2v) is 4.11. The summed E-state index contributed by atoms with van der Waals surface area (Å²) in [7, 11) is 0. The quantitative estimate of drug-likeness (QED) is 0.781. The number of nitrogens with zero attached hydrogens (tertiary/aromatic N) is 1. The first-order valence-electron chi connectivity index (χ1n) is 5.40. The van der Waals surface area contributed by atoms with Crippen molar-refractivity contribution >= 4 is 17.8 Å². The summed E-state index contributed by atoms with van der Waals surface area (Å²) in [4.78, 5) is 35.2. The third kappa shape index (κ3) is 2.04. The highest BCUT2D eigenvalue weighted by Crippen LogP contribution is 2.25. The largest absolute Gasteiger partial charge is 0.480 e. The number of benzene rings is 1. The molecule has 0 radical (unpaired) electrons. The molecular formula is C12H12N2O4. The van der Waals surface area contributed by atoms with Crippen LogP contribution in [0.15, 0.2) is 24.3 Å². The molecule has 0 bridgehead atoms. The van der Waals surface area contributed by atoms with E-state index in [9.17, 15) is 14.4 Å². The average Bonchev–Trinajstić information content (AvgIpc) is 2.64. The lowest BCUT2D eigenvalue weighted by atomic mass is 10.1. The SMILES string of the molecule is NC(=O)CC(C(=O)O)N1Cc2ccccc2C1=O. The molecule has 1 aromatic carbocycles. The smallest absolute Gasteiger partial charge is 0.326 e. The van der Waals surface area contributed by atoms with Crippen molar-refractivity contribution in [3.05, 3.63) is 35.4 Å². The predicted octanol–water partition coefficient (Wildman–Crippen LogP) is -0.0290. The Bertz CT molecular complexity index is 527. The molecule has 0 saturated carbocycles. The first-order chi connectivity index (χ1) is 8.50. The van der Waals surface area contributed by atoms with Gasteiger partial charge >= 0.3 is 5.97 Å². The van der Waals surface area contributed by atoms with Gasteiger partial charge in [-0.3, -0.25) is 9.59 Å². The lowest BCUT2D eigenvalue weighted by Gasteiger charge is -2.22. The monoisotopic (exact) mass is 248 g/mol. The maximum absolute atomic E-state index is 12.0. The highest BCUT2D eigenvalue weighted by Gasteiger charge is 2.36. The number of fused-ring (bicyclic) bond motifs is 1. The van der Waals surface area contributed by atoms with Gasteiger partial charge in [-0.15, -0.1) is 0 Å². The number of nitrogens with two attached hydrogens (primary N) is 1. The molecule has 6 nitrogen and oxygen atoms in total. The molecule has 1 unspecified atom stereocenters. The van der Waals surface area contributed by atoms with Crippen molar-refractivity contribution in [1.29, 1.82) is 0 Å². The van der Waals surface area contributed by atoms with Crippen LogP contribution in [0.4, 0.5) is 0 Å². The van der Waals surface area contributed by atoms with E-state index >= 15 is 0 Å². The summed E-state index contributed by atoms with van der Waals surface area (Å²) >= 11 is 0. The Morgan fingerprint density at radius 3 is 2.61 bits per heavy atom. The van der Waals surface area contributed by atoms with E-state index in [1.165, 1.54) is 0 Å². The Morgan fingerprint density at radius 1 is 1.39 bits per heavy atom. The first-order valence-corrected chi connectivity index (χ1v) is 5.40. The van der Waals surface area contributed by atoms with Crippen molar-refractivity contribution in [3.63, 3.8) is 0 Å². The number of carboxylic acids is 1. The molecule has 0 saturated heterocycles. The lowest BCUT2D eigenvalue weighted by Crippen LogP contribution is -2.43. The lowest BCUT2D eigenvalue weighted by molar-refractivity contribution is -0.144. The van der Waals surface area contributed by atoms with Gasteiger partial charge in [0.1, 0.15) is 6.04 Å². The molecule has 0 aliphatic carbocycles. The maximum atomic E-state index is 12.0. The summed E-state index contributed by atoms with van der Waals surface area (Å²) in [6.07, 6.45) is -0.380. The minimum absolute atomic E-state index is 0.194.